The molecule has 110 valence electrons. The third-order valence-electron chi connectivity index (χ3n) is 3.41. The average molecular weight is 282 g/mol. The predicted octanol–water partition coefficient (Wildman–Crippen LogP) is 0.466. The van der Waals surface area contributed by atoms with Crippen LogP contribution in [0.25, 0.3) is 0 Å². The molecule has 2 atom stereocenters. The molecule has 1 aromatic rings. The van der Waals surface area contributed by atoms with Crippen LogP contribution in [0.4, 0.5) is 0 Å². The molecule has 0 saturated heterocycles. The van der Waals surface area contributed by atoms with Crippen molar-refractivity contribution in [1.29, 1.82) is 0 Å². The Morgan fingerprint density at radius 1 is 1.70 bits per heavy atom. The van der Waals surface area contributed by atoms with Gasteiger partial charge in [-0.1, -0.05) is 16.7 Å². The summed E-state index contributed by atoms with van der Waals surface area (Å²) in [4.78, 5) is 12.1. The van der Waals surface area contributed by atoms with E-state index in [0.29, 0.717) is 5.76 Å². The van der Waals surface area contributed by atoms with E-state index in [9.17, 15) is 4.79 Å². The molecule has 8 heteroatoms. The van der Waals surface area contributed by atoms with E-state index in [2.05, 4.69) is 15.6 Å². The molecule has 1 aromatic heterocycles. The molecule has 0 aliphatic heterocycles. The van der Waals surface area contributed by atoms with Crippen molar-refractivity contribution in [3.8, 4) is 0 Å². The number of carbonyl (C=O) groups excluding carboxylic acids is 1. The number of methoxy groups -OCH3 is 1. The first-order valence-electron chi connectivity index (χ1n) is 6.38. The summed E-state index contributed by atoms with van der Waals surface area (Å²) in [5, 5.41) is 18.3. The summed E-state index contributed by atoms with van der Waals surface area (Å²) in [6.45, 7) is 0.260. The highest BCUT2D eigenvalue weighted by atomic mass is 16.5. The van der Waals surface area contributed by atoms with Crippen molar-refractivity contribution in [2.45, 2.75) is 31.9 Å². The second-order valence-electron chi connectivity index (χ2n) is 4.75. The lowest BCUT2D eigenvalue weighted by Crippen LogP contribution is -2.42. The first kappa shape index (κ1) is 14.3. The number of amidine groups is 1. The Balaban J connectivity index is 1.99. The Morgan fingerprint density at radius 2 is 2.50 bits per heavy atom. The minimum atomic E-state index is -0.334. The van der Waals surface area contributed by atoms with Gasteiger partial charge >= 0.3 is 0 Å². The molecule has 1 aliphatic rings. The molecule has 0 spiro atoms. The lowest BCUT2D eigenvalue weighted by Gasteiger charge is -2.18. The summed E-state index contributed by atoms with van der Waals surface area (Å²) >= 11 is 0. The molecule has 1 heterocycles. The zero-order valence-electron chi connectivity index (χ0n) is 11.2. The van der Waals surface area contributed by atoms with E-state index < -0.39 is 0 Å². The molecule has 0 radical (unpaired) electrons. The van der Waals surface area contributed by atoms with Crippen molar-refractivity contribution in [2.24, 2.45) is 16.8 Å². The van der Waals surface area contributed by atoms with Crippen LogP contribution in [-0.4, -0.2) is 35.3 Å². The monoisotopic (exact) mass is 282 g/mol. The summed E-state index contributed by atoms with van der Waals surface area (Å²) in [6, 6.07) is 1.38. The number of amides is 1. The lowest BCUT2D eigenvalue weighted by atomic mass is 10.0. The molecule has 1 amide bonds. The Kier molecular flexibility index (Phi) is 4.57. The van der Waals surface area contributed by atoms with E-state index in [0.717, 1.165) is 19.3 Å². The molecule has 0 bridgehead atoms. The number of nitrogens with one attached hydrogen (secondary N) is 1. The standard InChI is InChI=1S/C12H18N4O4/c1-19-6-7-5-10(16-20-7)12(17)14-9-4-2-3-8(9)11(13)15-18/h5,8-9,18H,2-4,6H2,1H3,(H2,13,15)(H,14,17). The van der Waals surface area contributed by atoms with Crippen molar-refractivity contribution in [3.05, 3.63) is 17.5 Å². The molecule has 1 saturated carbocycles. The second-order valence-corrected chi connectivity index (χ2v) is 4.75. The number of hydrogen-bond acceptors (Lipinski definition) is 6. The smallest absolute Gasteiger partial charge is 0.273 e. The van der Waals surface area contributed by atoms with Gasteiger partial charge in [-0.05, 0) is 12.8 Å². The minimum absolute atomic E-state index is 0.144. The largest absolute Gasteiger partial charge is 0.409 e. The highest BCUT2D eigenvalue weighted by Crippen LogP contribution is 2.26. The number of nitrogens with zero attached hydrogens (tertiary/aromatic N) is 2. The van der Waals surface area contributed by atoms with Gasteiger partial charge in [0, 0.05) is 25.1 Å². The summed E-state index contributed by atoms with van der Waals surface area (Å²) in [5.41, 5.74) is 5.82. The quantitative estimate of drug-likeness (QED) is 0.312. The normalized spacial score (nSPS) is 22.9. The minimum Gasteiger partial charge on any atom is -0.409 e. The van der Waals surface area contributed by atoms with Crippen LogP contribution < -0.4 is 11.1 Å². The topological polar surface area (TPSA) is 123 Å². The van der Waals surface area contributed by atoms with E-state index in [4.69, 9.17) is 20.2 Å². The zero-order valence-corrected chi connectivity index (χ0v) is 11.2. The molecule has 0 aromatic carbocycles. The fourth-order valence-electron chi connectivity index (χ4n) is 2.43. The molecule has 20 heavy (non-hydrogen) atoms. The summed E-state index contributed by atoms with van der Waals surface area (Å²) in [7, 11) is 1.53. The number of aromatic nitrogens is 1. The Hall–Kier alpha value is -2.09. The van der Waals surface area contributed by atoms with Gasteiger partial charge < -0.3 is 25.5 Å². The van der Waals surface area contributed by atoms with Crippen molar-refractivity contribution in [2.75, 3.05) is 7.11 Å². The van der Waals surface area contributed by atoms with Gasteiger partial charge in [-0.25, -0.2) is 0 Å². The highest BCUT2D eigenvalue weighted by molar-refractivity contribution is 5.93. The first-order chi connectivity index (χ1) is 9.65. The molecule has 4 N–H and O–H groups in total. The van der Waals surface area contributed by atoms with Crippen molar-refractivity contribution >= 4 is 11.7 Å². The van der Waals surface area contributed by atoms with Crippen LogP contribution in [0.1, 0.15) is 35.5 Å². The fraction of sp³-hybridized carbons (Fsp3) is 0.583. The van der Waals surface area contributed by atoms with Crippen LogP contribution >= 0.6 is 0 Å². The van der Waals surface area contributed by atoms with Gasteiger partial charge in [0.1, 0.15) is 12.4 Å². The van der Waals surface area contributed by atoms with Gasteiger partial charge in [0.25, 0.3) is 5.91 Å². The number of carbonyl (C=O) groups is 1. The zero-order chi connectivity index (χ0) is 14.5. The molecule has 2 unspecified atom stereocenters. The van der Waals surface area contributed by atoms with Gasteiger partial charge in [-0.3, -0.25) is 4.79 Å². The number of hydrogen-bond donors (Lipinski definition) is 3. The molecule has 1 aliphatic carbocycles. The van der Waals surface area contributed by atoms with Gasteiger partial charge in [0.2, 0.25) is 0 Å². The van der Waals surface area contributed by atoms with Crippen LogP contribution in [0.15, 0.2) is 15.7 Å². The Labute approximate surface area is 115 Å². The van der Waals surface area contributed by atoms with Gasteiger partial charge in [-0.15, -0.1) is 0 Å². The summed E-state index contributed by atoms with van der Waals surface area (Å²) < 4.78 is 9.85. The van der Waals surface area contributed by atoms with Crippen LogP contribution in [0.2, 0.25) is 0 Å². The maximum absolute atomic E-state index is 12.1. The van der Waals surface area contributed by atoms with Crippen LogP contribution in [0, 0.1) is 5.92 Å². The van der Waals surface area contributed by atoms with Gasteiger partial charge in [0.05, 0.1) is 0 Å². The van der Waals surface area contributed by atoms with Crippen LogP contribution in [0.5, 0.6) is 0 Å². The predicted molar refractivity (Wildman–Crippen MR) is 69.2 cm³/mol. The molecular formula is C12H18N4O4. The average Bonchev–Trinajstić information content (AvgIpc) is 3.07. The van der Waals surface area contributed by atoms with E-state index >= 15 is 0 Å². The highest BCUT2D eigenvalue weighted by Gasteiger charge is 2.32. The Morgan fingerprint density at radius 3 is 3.20 bits per heavy atom. The number of ether oxygens (including phenoxy) is 1. The third-order valence-corrected chi connectivity index (χ3v) is 3.41. The van der Waals surface area contributed by atoms with Crippen LogP contribution in [-0.2, 0) is 11.3 Å². The molecular weight excluding hydrogens is 264 g/mol. The van der Waals surface area contributed by atoms with E-state index in [1.54, 1.807) is 0 Å². The van der Waals surface area contributed by atoms with Crippen molar-refractivity contribution < 1.29 is 19.3 Å². The third kappa shape index (κ3) is 3.08. The number of nitrogens with two attached hydrogens (primary N) is 1. The Bertz CT molecular complexity index is 499. The van der Waals surface area contributed by atoms with Crippen molar-refractivity contribution in [3.63, 3.8) is 0 Å². The van der Waals surface area contributed by atoms with Gasteiger partial charge in [-0.2, -0.15) is 0 Å². The maximum atomic E-state index is 12.1. The van der Waals surface area contributed by atoms with Gasteiger partial charge in [0.15, 0.2) is 11.5 Å². The molecule has 2 rings (SSSR count). The lowest BCUT2D eigenvalue weighted by molar-refractivity contribution is 0.0923. The second kappa shape index (κ2) is 6.38. The van der Waals surface area contributed by atoms with E-state index in [-0.39, 0.29) is 36.0 Å². The van der Waals surface area contributed by atoms with E-state index in [1.165, 1.54) is 13.2 Å². The number of rotatable bonds is 5. The van der Waals surface area contributed by atoms with Crippen LogP contribution in [0.3, 0.4) is 0 Å². The summed E-state index contributed by atoms with van der Waals surface area (Å²) in [5.74, 6) is 0.151. The SMILES string of the molecule is COCc1cc(C(=O)NC2CCCC2C(N)=NO)no1. The van der Waals surface area contributed by atoms with Crippen molar-refractivity contribution in [1.82, 2.24) is 10.5 Å². The van der Waals surface area contributed by atoms with E-state index in [1.807, 2.05) is 0 Å². The maximum Gasteiger partial charge on any atom is 0.273 e. The fourth-order valence-corrected chi connectivity index (χ4v) is 2.43. The molecule has 1 fully saturated rings. The summed E-state index contributed by atoms with van der Waals surface area (Å²) in [6.07, 6.45) is 2.49. The number of oxime groups is 1. The first-order valence-corrected chi connectivity index (χ1v) is 6.38. The molecule has 8 nitrogen and oxygen atoms in total.